The van der Waals surface area contributed by atoms with Crippen LogP contribution in [-0.4, -0.2) is 29.9 Å². The highest BCUT2D eigenvalue weighted by Gasteiger charge is 2.24. The molecule has 0 saturated carbocycles. The lowest BCUT2D eigenvalue weighted by Gasteiger charge is -2.37. The Kier molecular flexibility index (Phi) is 4.37. The Bertz CT molecular complexity index is 391. The molecule has 1 aliphatic heterocycles. The maximum absolute atomic E-state index is 11.1. The van der Waals surface area contributed by atoms with Gasteiger partial charge < -0.3 is 5.32 Å². The van der Waals surface area contributed by atoms with Gasteiger partial charge in [0.25, 0.3) is 0 Å². The Morgan fingerprint density at radius 2 is 2.11 bits per heavy atom. The van der Waals surface area contributed by atoms with E-state index in [0.717, 1.165) is 25.9 Å². The highest BCUT2D eigenvalue weighted by atomic mass is 16.1. The number of amides is 1. The first kappa shape index (κ1) is 13.1. The highest BCUT2D eigenvalue weighted by Crippen LogP contribution is 2.23. The molecule has 1 heterocycles. The monoisotopic (exact) mass is 246 g/mol. The van der Waals surface area contributed by atoms with Crippen molar-refractivity contribution in [2.75, 3.05) is 13.1 Å². The zero-order valence-corrected chi connectivity index (χ0v) is 11.2. The topological polar surface area (TPSA) is 32.3 Å². The molecule has 3 nitrogen and oxygen atoms in total. The van der Waals surface area contributed by atoms with Crippen molar-refractivity contribution >= 4 is 5.91 Å². The van der Waals surface area contributed by atoms with E-state index < -0.39 is 0 Å². The van der Waals surface area contributed by atoms with Gasteiger partial charge in [0.15, 0.2) is 0 Å². The van der Waals surface area contributed by atoms with E-state index in [2.05, 4.69) is 41.4 Å². The zero-order chi connectivity index (χ0) is 13.0. The Morgan fingerprint density at radius 1 is 1.39 bits per heavy atom. The zero-order valence-electron chi connectivity index (χ0n) is 11.2. The van der Waals surface area contributed by atoms with Gasteiger partial charge in [-0.2, -0.15) is 0 Å². The summed E-state index contributed by atoms with van der Waals surface area (Å²) in [7, 11) is 0. The second-order valence-corrected chi connectivity index (χ2v) is 5.12. The van der Waals surface area contributed by atoms with Crippen molar-refractivity contribution < 1.29 is 4.79 Å². The van der Waals surface area contributed by atoms with Gasteiger partial charge in [0, 0.05) is 25.6 Å². The van der Waals surface area contributed by atoms with Crippen molar-refractivity contribution in [3.8, 4) is 0 Å². The van der Waals surface area contributed by atoms with Crippen LogP contribution in [0.25, 0.3) is 0 Å². The molecule has 1 aromatic carbocycles. The molecule has 1 saturated heterocycles. The van der Waals surface area contributed by atoms with Gasteiger partial charge in [-0.15, -0.1) is 0 Å². The number of piperidine rings is 1. The summed E-state index contributed by atoms with van der Waals surface area (Å²) in [6.07, 6.45) is 2.25. The Hall–Kier alpha value is -1.35. The Balaban J connectivity index is 1.98. The Morgan fingerprint density at radius 3 is 2.78 bits per heavy atom. The maximum atomic E-state index is 11.1. The van der Waals surface area contributed by atoms with Crippen molar-refractivity contribution in [3.63, 3.8) is 0 Å². The average molecular weight is 246 g/mol. The third kappa shape index (κ3) is 3.33. The SMILES string of the molecule is CC(=O)NC1CCCN(C(C)c2ccccc2)C1. The van der Waals surface area contributed by atoms with Crippen LogP contribution >= 0.6 is 0 Å². The summed E-state index contributed by atoms with van der Waals surface area (Å²) < 4.78 is 0. The molecule has 1 fully saturated rings. The minimum atomic E-state index is 0.0780. The van der Waals surface area contributed by atoms with Crippen LogP contribution in [0.4, 0.5) is 0 Å². The quantitative estimate of drug-likeness (QED) is 0.888. The van der Waals surface area contributed by atoms with Gasteiger partial charge in [-0.05, 0) is 31.9 Å². The minimum absolute atomic E-state index is 0.0780. The third-order valence-corrected chi connectivity index (χ3v) is 3.69. The summed E-state index contributed by atoms with van der Waals surface area (Å²) in [5, 5.41) is 3.04. The normalized spacial score (nSPS) is 22.4. The van der Waals surface area contributed by atoms with Crippen molar-refractivity contribution in [2.24, 2.45) is 0 Å². The number of hydrogen-bond acceptors (Lipinski definition) is 2. The smallest absolute Gasteiger partial charge is 0.217 e. The van der Waals surface area contributed by atoms with E-state index in [0.29, 0.717) is 12.1 Å². The first-order valence-corrected chi connectivity index (χ1v) is 6.73. The standard InChI is InChI=1S/C15H22N2O/c1-12(14-7-4-3-5-8-14)17-10-6-9-15(11-17)16-13(2)18/h3-5,7-8,12,15H,6,9-11H2,1-2H3,(H,16,18). The van der Waals surface area contributed by atoms with Gasteiger partial charge in [-0.1, -0.05) is 30.3 Å². The number of nitrogens with zero attached hydrogens (tertiary/aromatic N) is 1. The second-order valence-electron chi connectivity index (χ2n) is 5.12. The van der Waals surface area contributed by atoms with Crippen LogP contribution in [0.1, 0.15) is 38.3 Å². The first-order chi connectivity index (χ1) is 8.66. The number of carbonyl (C=O) groups is 1. The van der Waals surface area contributed by atoms with Crippen LogP contribution in [0.5, 0.6) is 0 Å². The molecule has 2 rings (SSSR count). The largest absolute Gasteiger partial charge is 0.352 e. The maximum Gasteiger partial charge on any atom is 0.217 e. The van der Waals surface area contributed by atoms with Gasteiger partial charge >= 0.3 is 0 Å². The third-order valence-electron chi connectivity index (χ3n) is 3.69. The molecule has 0 radical (unpaired) electrons. The van der Waals surface area contributed by atoms with E-state index in [-0.39, 0.29) is 5.91 Å². The predicted octanol–water partition coefficient (Wildman–Crippen LogP) is 2.35. The van der Waals surface area contributed by atoms with Crippen LogP contribution in [0, 0.1) is 0 Å². The van der Waals surface area contributed by atoms with Gasteiger partial charge in [-0.3, -0.25) is 9.69 Å². The summed E-state index contributed by atoms with van der Waals surface area (Å²) in [6, 6.07) is 11.3. The van der Waals surface area contributed by atoms with Gasteiger partial charge in [0.1, 0.15) is 0 Å². The fraction of sp³-hybridized carbons (Fsp3) is 0.533. The lowest BCUT2D eigenvalue weighted by Crippen LogP contribution is -2.47. The van der Waals surface area contributed by atoms with Gasteiger partial charge in [-0.25, -0.2) is 0 Å². The van der Waals surface area contributed by atoms with Crippen LogP contribution < -0.4 is 5.32 Å². The van der Waals surface area contributed by atoms with Crippen LogP contribution in [0.2, 0.25) is 0 Å². The van der Waals surface area contributed by atoms with Crippen molar-refractivity contribution in [1.29, 1.82) is 0 Å². The predicted molar refractivity (Wildman–Crippen MR) is 73.3 cm³/mol. The number of hydrogen-bond donors (Lipinski definition) is 1. The van der Waals surface area contributed by atoms with Crippen LogP contribution in [0.15, 0.2) is 30.3 Å². The molecule has 18 heavy (non-hydrogen) atoms. The lowest BCUT2D eigenvalue weighted by molar-refractivity contribution is -0.120. The van der Waals surface area contributed by atoms with Crippen molar-refractivity contribution in [1.82, 2.24) is 10.2 Å². The molecule has 2 unspecified atom stereocenters. The van der Waals surface area contributed by atoms with E-state index in [1.54, 1.807) is 6.92 Å². The van der Waals surface area contributed by atoms with E-state index in [1.807, 2.05) is 6.07 Å². The lowest BCUT2D eigenvalue weighted by atomic mass is 10.0. The molecule has 0 aliphatic carbocycles. The van der Waals surface area contributed by atoms with Gasteiger partial charge in [0.05, 0.1) is 0 Å². The number of carbonyl (C=O) groups excluding carboxylic acids is 1. The minimum Gasteiger partial charge on any atom is -0.352 e. The molecule has 3 heteroatoms. The molecular formula is C15H22N2O. The molecule has 0 bridgehead atoms. The number of benzene rings is 1. The van der Waals surface area contributed by atoms with E-state index in [1.165, 1.54) is 5.56 Å². The fourth-order valence-corrected chi connectivity index (χ4v) is 2.71. The summed E-state index contributed by atoms with van der Waals surface area (Å²) >= 11 is 0. The molecular weight excluding hydrogens is 224 g/mol. The summed E-state index contributed by atoms with van der Waals surface area (Å²) in [5.41, 5.74) is 1.35. The molecule has 1 N–H and O–H groups in total. The van der Waals surface area contributed by atoms with E-state index >= 15 is 0 Å². The average Bonchev–Trinajstić information content (AvgIpc) is 2.38. The van der Waals surface area contributed by atoms with Crippen molar-refractivity contribution in [3.05, 3.63) is 35.9 Å². The number of likely N-dealkylation sites (tertiary alicyclic amines) is 1. The summed E-state index contributed by atoms with van der Waals surface area (Å²) in [6.45, 7) is 5.91. The molecule has 2 atom stereocenters. The van der Waals surface area contributed by atoms with E-state index in [9.17, 15) is 4.79 Å². The highest BCUT2D eigenvalue weighted by molar-refractivity contribution is 5.73. The van der Waals surface area contributed by atoms with Crippen LogP contribution in [-0.2, 0) is 4.79 Å². The number of nitrogens with one attached hydrogen (secondary N) is 1. The molecule has 1 aliphatic rings. The van der Waals surface area contributed by atoms with Gasteiger partial charge in [0.2, 0.25) is 5.91 Å². The fourth-order valence-electron chi connectivity index (χ4n) is 2.71. The number of rotatable bonds is 3. The first-order valence-electron chi connectivity index (χ1n) is 6.73. The summed E-state index contributed by atoms with van der Waals surface area (Å²) in [4.78, 5) is 13.6. The second kappa shape index (κ2) is 6.01. The molecule has 0 spiro atoms. The molecule has 1 amide bonds. The summed E-state index contributed by atoms with van der Waals surface area (Å²) in [5.74, 6) is 0.0780. The Labute approximate surface area is 109 Å². The molecule has 0 aromatic heterocycles. The van der Waals surface area contributed by atoms with Crippen molar-refractivity contribution in [2.45, 2.75) is 38.8 Å². The van der Waals surface area contributed by atoms with E-state index in [4.69, 9.17) is 0 Å². The molecule has 1 aromatic rings. The molecule has 98 valence electrons. The van der Waals surface area contributed by atoms with Crippen LogP contribution in [0.3, 0.4) is 0 Å².